The van der Waals surface area contributed by atoms with Crippen LogP contribution in [0.15, 0.2) is 29.3 Å². The highest BCUT2D eigenvalue weighted by Crippen LogP contribution is 2.24. The van der Waals surface area contributed by atoms with Crippen LogP contribution in [0, 0.1) is 5.92 Å². The number of halogens is 2. The molecule has 0 amide bonds. The van der Waals surface area contributed by atoms with Gasteiger partial charge in [0.25, 0.3) is 0 Å². The van der Waals surface area contributed by atoms with Crippen LogP contribution in [0.1, 0.15) is 38.7 Å². The lowest BCUT2D eigenvalue weighted by atomic mass is 9.84. The van der Waals surface area contributed by atoms with Crippen molar-refractivity contribution in [3.05, 3.63) is 34.9 Å². The van der Waals surface area contributed by atoms with E-state index in [2.05, 4.69) is 35.5 Å². The molecule has 1 aliphatic heterocycles. The third-order valence-corrected chi connectivity index (χ3v) is 5.21. The van der Waals surface area contributed by atoms with E-state index in [1.807, 2.05) is 18.2 Å². The molecule has 2 N–H and O–H groups in total. The molecule has 0 aliphatic carbocycles. The molecular formula is C21H35ClIN3O2. The number of nitrogens with one attached hydrogen (secondary N) is 2. The summed E-state index contributed by atoms with van der Waals surface area (Å²) in [6.07, 6.45) is 3.20. The van der Waals surface area contributed by atoms with Crippen molar-refractivity contribution < 1.29 is 9.47 Å². The fourth-order valence-corrected chi connectivity index (χ4v) is 3.27. The molecule has 160 valence electrons. The van der Waals surface area contributed by atoms with Crippen LogP contribution in [0.25, 0.3) is 0 Å². The van der Waals surface area contributed by atoms with Crippen molar-refractivity contribution in [1.82, 2.24) is 10.6 Å². The maximum Gasteiger partial charge on any atom is 0.191 e. The molecule has 0 unspecified atom stereocenters. The Kier molecular flexibility index (Phi) is 12.4. The van der Waals surface area contributed by atoms with Gasteiger partial charge in [0, 0.05) is 57.0 Å². The third kappa shape index (κ3) is 9.29. The molecule has 0 atom stereocenters. The van der Waals surface area contributed by atoms with E-state index in [-0.39, 0.29) is 29.4 Å². The summed E-state index contributed by atoms with van der Waals surface area (Å²) in [5.41, 5.74) is 1.16. The number of rotatable bonds is 9. The Hall–Kier alpha value is -0.570. The normalized spacial score (nSPS) is 15.8. The first kappa shape index (κ1) is 25.5. The molecule has 1 aromatic rings. The second-order valence-electron chi connectivity index (χ2n) is 7.73. The van der Waals surface area contributed by atoms with Gasteiger partial charge >= 0.3 is 0 Å². The smallest absolute Gasteiger partial charge is 0.191 e. The molecular weight excluding hydrogens is 489 g/mol. The van der Waals surface area contributed by atoms with Gasteiger partial charge in [0.15, 0.2) is 5.96 Å². The molecule has 0 aromatic heterocycles. The second kappa shape index (κ2) is 13.6. The SMILES string of the molecule is CN=C(NCCCOCC1CCOCC1)NCC(C)(C)c1cccc(Cl)c1.I. The Bertz CT molecular complexity index is 593. The standard InChI is InChI=1S/C21H34ClN3O2.HI/c1-21(2,18-6-4-7-19(22)14-18)16-25-20(23-3)24-10-5-11-27-15-17-8-12-26-13-9-17;/h4,6-7,14,17H,5,8-13,15-16H2,1-3H3,(H2,23,24,25);1H. The molecule has 0 radical (unpaired) electrons. The Morgan fingerprint density at radius 2 is 2.04 bits per heavy atom. The van der Waals surface area contributed by atoms with Crippen LogP contribution in [-0.4, -0.2) is 52.5 Å². The fraction of sp³-hybridized carbons (Fsp3) is 0.667. The average molecular weight is 524 g/mol. The Morgan fingerprint density at radius 1 is 1.29 bits per heavy atom. The lowest BCUT2D eigenvalue weighted by molar-refractivity contribution is 0.0203. The summed E-state index contributed by atoms with van der Waals surface area (Å²) < 4.78 is 11.2. The molecule has 7 heteroatoms. The second-order valence-corrected chi connectivity index (χ2v) is 8.17. The van der Waals surface area contributed by atoms with Crippen LogP contribution in [-0.2, 0) is 14.9 Å². The molecule has 1 saturated heterocycles. The number of guanidine groups is 1. The Balaban J connectivity index is 0.00000392. The summed E-state index contributed by atoms with van der Waals surface area (Å²) >= 11 is 6.13. The van der Waals surface area contributed by atoms with Gasteiger partial charge in [0.2, 0.25) is 0 Å². The molecule has 28 heavy (non-hydrogen) atoms. The molecule has 5 nitrogen and oxygen atoms in total. The van der Waals surface area contributed by atoms with Gasteiger partial charge in [0.1, 0.15) is 0 Å². The minimum absolute atomic E-state index is 0. The molecule has 0 spiro atoms. The van der Waals surface area contributed by atoms with Gasteiger partial charge in [-0.25, -0.2) is 0 Å². The number of benzene rings is 1. The van der Waals surface area contributed by atoms with Crippen LogP contribution in [0.5, 0.6) is 0 Å². The van der Waals surface area contributed by atoms with E-state index < -0.39 is 0 Å². The predicted molar refractivity (Wildman–Crippen MR) is 128 cm³/mol. The topological polar surface area (TPSA) is 54.9 Å². The van der Waals surface area contributed by atoms with Crippen molar-refractivity contribution in [3.63, 3.8) is 0 Å². The van der Waals surface area contributed by atoms with E-state index in [1.165, 1.54) is 5.56 Å². The van der Waals surface area contributed by atoms with E-state index >= 15 is 0 Å². The molecule has 1 fully saturated rings. The predicted octanol–water partition coefficient (Wildman–Crippen LogP) is 4.23. The van der Waals surface area contributed by atoms with Gasteiger partial charge in [-0.3, -0.25) is 4.99 Å². The Morgan fingerprint density at radius 3 is 2.71 bits per heavy atom. The summed E-state index contributed by atoms with van der Waals surface area (Å²) in [7, 11) is 1.80. The van der Waals surface area contributed by atoms with Gasteiger partial charge in [0.05, 0.1) is 0 Å². The van der Waals surface area contributed by atoms with E-state index in [0.717, 1.165) is 69.8 Å². The summed E-state index contributed by atoms with van der Waals surface area (Å²) in [5.74, 6) is 1.48. The Labute approximate surface area is 192 Å². The van der Waals surface area contributed by atoms with E-state index in [4.69, 9.17) is 21.1 Å². The van der Waals surface area contributed by atoms with Crippen LogP contribution >= 0.6 is 35.6 Å². The van der Waals surface area contributed by atoms with Crippen molar-refractivity contribution in [3.8, 4) is 0 Å². The maximum absolute atomic E-state index is 6.13. The first-order valence-electron chi connectivity index (χ1n) is 9.87. The number of hydrogen-bond acceptors (Lipinski definition) is 3. The summed E-state index contributed by atoms with van der Waals surface area (Å²) in [4.78, 5) is 4.31. The van der Waals surface area contributed by atoms with Crippen LogP contribution < -0.4 is 10.6 Å². The zero-order valence-corrected chi connectivity index (χ0v) is 20.4. The van der Waals surface area contributed by atoms with E-state index in [9.17, 15) is 0 Å². The molecule has 0 saturated carbocycles. The number of ether oxygens (including phenoxy) is 2. The van der Waals surface area contributed by atoms with Crippen LogP contribution in [0.2, 0.25) is 5.02 Å². The van der Waals surface area contributed by atoms with Crippen molar-refractivity contribution >= 4 is 41.5 Å². The van der Waals surface area contributed by atoms with Crippen molar-refractivity contribution in [2.24, 2.45) is 10.9 Å². The fourth-order valence-electron chi connectivity index (χ4n) is 3.08. The van der Waals surface area contributed by atoms with Crippen molar-refractivity contribution in [1.29, 1.82) is 0 Å². The molecule has 1 aromatic carbocycles. The zero-order valence-electron chi connectivity index (χ0n) is 17.3. The van der Waals surface area contributed by atoms with Gasteiger partial charge in [-0.2, -0.15) is 0 Å². The van der Waals surface area contributed by atoms with E-state index in [1.54, 1.807) is 7.05 Å². The lowest BCUT2D eigenvalue weighted by Gasteiger charge is -2.27. The number of nitrogens with zero attached hydrogens (tertiary/aromatic N) is 1. The molecule has 2 rings (SSSR count). The first-order chi connectivity index (χ1) is 13.0. The average Bonchev–Trinajstić information content (AvgIpc) is 2.67. The number of aliphatic imine (C=N–C) groups is 1. The largest absolute Gasteiger partial charge is 0.381 e. The van der Waals surface area contributed by atoms with Gasteiger partial charge in [-0.05, 0) is 42.9 Å². The molecule has 1 heterocycles. The highest BCUT2D eigenvalue weighted by atomic mass is 127. The molecule has 1 aliphatic rings. The minimum atomic E-state index is -0.0463. The van der Waals surface area contributed by atoms with Crippen LogP contribution in [0.4, 0.5) is 0 Å². The lowest BCUT2D eigenvalue weighted by Crippen LogP contribution is -2.43. The molecule has 0 bridgehead atoms. The first-order valence-corrected chi connectivity index (χ1v) is 10.2. The zero-order chi connectivity index (χ0) is 19.5. The van der Waals surface area contributed by atoms with Crippen molar-refractivity contribution in [2.45, 2.75) is 38.5 Å². The van der Waals surface area contributed by atoms with Crippen LogP contribution in [0.3, 0.4) is 0 Å². The van der Waals surface area contributed by atoms with E-state index in [0.29, 0.717) is 5.92 Å². The number of hydrogen-bond donors (Lipinski definition) is 2. The minimum Gasteiger partial charge on any atom is -0.381 e. The van der Waals surface area contributed by atoms with Crippen molar-refractivity contribution in [2.75, 3.05) is 46.6 Å². The third-order valence-electron chi connectivity index (χ3n) is 4.98. The van der Waals surface area contributed by atoms with Gasteiger partial charge in [-0.15, -0.1) is 24.0 Å². The highest BCUT2D eigenvalue weighted by Gasteiger charge is 2.21. The summed E-state index contributed by atoms with van der Waals surface area (Å²) in [6, 6.07) is 8.03. The summed E-state index contributed by atoms with van der Waals surface area (Å²) in [5, 5.41) is 7.53. The van der Waals surface area contributed by atoms with Gasteiger partial charge < -0.3 is 20.1 Å². The quantitative estimate of drug-likeness (QED) is 0.220. The summed E-state index contributed by atoms with van der Waals surface area (Å²) in [6.45, 7) is 9.39. The highest BCUT2D eigenvalue weighted by molar-refractivity contribution is 14.0. The van der Waals surface area contributed by atoms with Gasteiger partial charge in [-0.1, -0.05) is 37.6 Å². The monoisotopic (exact) mass is 523 g/mol. The maximum atomic E-state index is 6.13.